The van der Waals surface area contributed by atoms with Crippen molar-refractivity contribution in [3.8, 4) is 9.88 Å². The lowest BCUT2D eigenvalue weighted by molar-refractivity contribution is 0.0743. The highest BCUT2D eigenvalue weighted by atomic mass is 79.9. The Morgan fingerprint density at radius 3 is 2.89 bits per heavy atom. The number of rotatable bonds is 4. The number of hydrogen-bond acceptors (Lipinski definition) is 5. The molecule has 1 unspecified atom stereocenters. The van der Waals surface area contributed by atoms with Gasteiger partial charge >= 0.3 is 0 Å². The maximum atomic E-state index is 12.2. The van der Waals surface area contributed by atoms with Crippen molar-refractivity contribution < 1.29 is 4.79 Å². The van der Waals surface area contributed by atoms with Gasteiger partial charge in [0.25, 0.3) is 5.91 Å². The van der Waals surface area contributed by atoms with E-state index in [0.29, 0.717) is 12.2 Å². The van der Waals surface area contributed by atoms with Crippen LogP contribution < -0.4 is 5.73 Å². The van der Waals surface area contributed by atoms with Crippen LogP contribution in [0.25, 0.3) is 9.88 Å². The maximum absolute atomic E-state index is 12.2. The summed E-state index contributed by atoms with van der Waals surface area (Å²) >= 11 is 6.51. The summed E-state index contributed by atoms with van der Waals surface area (Å²) in [6.07, 6.45) is 0. The fourth-order valence-electron chi connectivity index (χ4n) is 1.45. The monoisotopic (exact) mass is 359 g/mol. The summed E-state index contributed by atoms with van der Waals surface area (Å²) in [6, 6.07) is 3.98. The molecule has 0 aromatic carbocycles. The van der Waals surface area contributed by atoms with Gasteiger partial charge in [0.2, 0.25) is 0 Å². The lowest BCUT2D eigenvalue weighted by Crippen LogP contribution is -2.39. The number of thiophene rings is 1. The van der Waals surface area contributed by atoms with Crippen molar-refractivity contribution in [2.24, 2.45) is 5.73 Å². The number of thiazole rings is 1. The predicted octanol–water partition coefficient (Wildman–Crippen LogP) is 3.05. The predicted molar refractivity (Wildman–Crippen MR) is 83.7 cm³/mol. The topological polar surface area (TPSA) is 59.2 Å². The first-order valence-electron chi connectivity index (χ1n) is 5.71. The first-order chi connectivity index (χ1) is 9.02. The number of amides is 1. The molecule has 2 N–H and O–H groups in total. The Hall–Kier alpha value is -0.760. The van der Waals surface area contributed by atoms with Gasteiger partial charge in [0.1, 0.15) is 10.7 Å². The van der Waals surface area contributed by atoms with Gasteiger partial charge in [-0.05, 0) is 35.0 Å². The number of nitrogens with zero attached hydrogens (tertiary/aromatic N) is 2. The minimum Gasteiger partial charge on any atom is -0.336 e. The van der Waals surface area contributed by atoms with E-state index in [1.807, 2.05) is 19.1 Å². The standard InChI is InChI=1S/C12H14BrN3OS2/c1-7(5-14)16(2)12(17)8-6-18-11(15-8)9-3-4-10(13)19-9/h3-4,6-7H,5,14H2,1-2H3. The van der Waals surface area contributed by atoms with E-state index < -0.39 is 0 Å². The third kappa shape index (κ3) is 3.22. The number of hydrogen-bond donors (Lipinski definition) is 1. The molecule has 2 heterocycles. The Morgan fingerprint density at radius 1 is 1.58 bits per heavy atom. The fraction of sp³-hybridized carbons (Fsp3) is 0.333. The van der Waals surface area contributed by atoms with Crippen LogP contribution in [0.1, 0.15) is 17.4 Å². The second-order valence-corrected chi connectivity index (χ2v) is 7.46. The normalized spacial score (nSPS) is 12.4. The first kappa shape index (κ1) is 14.6. The minimum absolute atomic E-state index is 0.00790. The van der Waals surface area contributed by atoms with E-state index in [0.717, 1.165) is 13.7 Å². The molecule has 0 aliphatic carbocycles. The second-order valence-electron chi connectivity index (χ2n) is 4.14. The van der Waals surface area contributed by atoms with Gasteiger partial charge in [-0.2, -0.15) is 0 Å². The van der Waals surface area contributed by atoms with Gasteiger partial charge in [0.05, 0.1) is 8.66 Å². The van der Waals surface area contributed by atoms with Crippen LogP contribution in [0.4, 0.5) is 0 Å². The molecule has 4 nitrogen and oxygen atoms in total. The van der Waals surface area contributed by atoms with E-state index in [-0.39, 0.29) is 11.9 Å². The van der Waals surface area contributed by atoms with Crippen molar-refractivity contribution in [3.63, 3.8) is 0 Å². The van der Waals surface area contributed by atoms with Crippen LogP contribution in [0.5, 0.6) is 0 Å². The summed E-state index contributed by atoms with van der Waals surface area (Å²) in [7, 11) is 1.75. The highest BCUT2D eigenvalue weighted by Crippen LogP contribution is 2.33. The van der Waals surface area contributed by atoms with Gasteiger partial charge < -0.3 is 10.6 Å². The third-order valence-corrected chi connectivity index (χ3v) is 5.47. The number of halogens is 1. The van der Waals surface area contributed by atoms with E-state index >= 15 is 0 Å². The SMILES string of the molecule is CC(CN)N(C)C(=O)c1csc(-c2ccc(Br)s2)n1. The lowest BCUT2D eigenvalue weighted by Gasteiger charge is -2.22. The molecule has 0 saturated heterocycles. The zero-order valence-corrected chi connectivity index (χ0v) is 13.8. The van der Waals surface area contributed by atoms with Crippen molar-refractivity contribution in [1.82, 2.24) is 9.88 Å². The van der Waals surface area contributed by atoms with Crippen molar-refractivity contribution in [2.45, 2.75) is 13.0 Å². The van der Waals surface area contributed by atoms with Gasteiger partial charge in [0.15, 0.2) is 0 Å². The highest BCUT2D eigenvalue weighted by Gasteiger charge is 2.19. The Balaban J connectivity index is 2.19. The van der Waals surface area contributed by atoms with E-state index in [9.17, 15) is 4.79 Å². The number of nitrogens with two attached hydrogens (primary N) is 1. The Bertz CT molecular complexity index is 581. The smallest absolute Gasteiger partial charge is 0.273 e. The van der Waals surface area contributed by atoms with Gasteiger partial charge in [-0.3, -0.25) is 4.79 Å². The van der Waals surface area contributed by atoms with E-state index in [2.05, 4.69) is 20.9 Å². The van der Waals surface area contributed by atoms with Crippen molar-refractivity contribution in [2.75, 3.05) is 13.6 Å². The van der Waals surface area contributed by atoms with Gasteiger partial charge in [-0.25, -0.2) is 4.98 Å². The number of carbonyl (C=O) groups excluding carboxylic acids is 1. The second kappa shape index (κ2) is 6.13. The number of likely N-dealkylation sites (N-methyl/N-ethyl adjacent to an activating group) is 1. The maximum Gasteiger partial charge on any atom is 0.273 e. The molecule has 2 rings (SSSR count). The van der Waals surface area contributed by atoms with Crippen LogP contribution >= 0.6 is 38.6 Å². The zero-order chi connectivity index (χ0) is 14.0. The van der Waals surface area contributed by atoms with Gasteiger partial charge in [-0.1, -0.05) is 0 Å². The highest BCUT2D eigenvalue weighted by molar-refractivity contribution is 9.11. The average Bonchev–Trinajstić information content (AvgIpc) is 3.04. The van der Waals surface area contributed by atoms with Crippen LogP contribution in [-0.2, 0) is 0 Å². The van der Waals surface area contributed by atoms with Crippen LogP contribution in [0.15, 0.2) is 21.3 Å². The fourth-order valence-corrected chi connectivity index (χ4v) is 3.71. The molecule has 0 aliphatic heterocycles. The molecule has 0 aliphatic rings. The van der Waals surface area contributed by atoms with Gasteiger partial charge in [0, 0.05) is 25.0 Å². The number of aromatic nitrogens is 1. The van der Waals surface area contributed by atoms with Crippen LogP contribution in [0.3, 0.4) is 0 Å². The molecular formula is C12H14BrN3OS2. The van der Waals surface area contributed by atoms with E-state index in [4.69, 9.17) is 5.73 Å². The summed E-state index contributed by atoms with van der Waals surface area (Å²) in [5.41, 5.74) is 6.05. The molecule has 2 aromatic heterocycles. The zero-order valence-electron chi connectivity index (χ0n) is 10.6. The summed E-state index contributed by atoms with van der Waals surface area (Å²) in [5.74, 6) is -0.0870. The van der Waals surface area contributed by atoms with Crippen molar-refractivity contribution in [3.05, 3.63) is 27.0 Å². The summed E-state index contributed by atoms with van der Waals surface area (Å²) < 4.78 is 1.06. The lowest BCUT2D eigenvalue weighted by atomic mass is 10.3. The summed E-state index contributed by atoms with van der Waals surface area (Å²) in [4.78, 5) is 19.3. The number of carbonyl (C=O) groups is 1. The quantitative estimate of drug-likeness (QED) is 0.912. The Morgan fingerprint density at radius 2 is 2.32 bits per heavy atom. The molecule has 19 heavy (non-hydrogen) atoms. The molecule has 0 fully saturated rings. The van der Waals surface area contributed by atoms with Crippen LogP contribution in [0.2, 0.25) is 0 Å². The molecule has 1 amide bonds. The molecule has 102 valence electrons. The van der Waals surface area contributed by atoms with Crippen molar-refractivity contribution >= 4 is 44.5 Å². The average molecular weight is 360 g/mol. The molecule has 0 bridgehead atoms. The molecule has 1 atom stereocenters. The summed E-state index contributed by atoms with van der Waals surface area (Å²) in [5, 5.41) is 2.67. The van der Waals surface area contributed by atoms with Crippen LogP contribution in [-0.4, -0.2) is 35.4 Å². The molecule has 0 spiro atoms. The Labute approximate surface area is 128 Å². The van der Waals surface area contributed by atoms with Gasteiger partial charge in [-0.15, -0.1) is 22.7 Å². The molecule has 0 saturated carbocycles. The van der Waals surface area contributed by atoms with E-state index in [1.165, 1.54) is 11.3 Å². The molecule has 7 heteroatoms. The summed E-state index contributed by atoms with van der Waals surface area (Å²) in [6.45, 7) is 2.36. The molecular weight excluding hydrogens is 346 g/mol. The third-order valence-electron chi connectivity index (χ3n) is 2.83. The van der Waals surface area contributed by atoms with Crippen LogP contribution in [0, 0.1) is 0 Å². The Kier molecular flexibility index (Phi) is 4.72. The minimum atomic E-state index is -0.0870. The largest absolute Gasteiger partial charge is 0.336 e. The first-order valence-corrected chi connectivity index (χ1v) is 8.20. The van der Waals surface area contributed by atoms with Crippen molar-refractivity contribution in [1.29, 1.82) is 0 Å². The molecule has 0 radical (unpaired) electrons. The van der Waals surface area contributed by atoms with E-state index in [1.54, 1.807) is 28.7 Å². The molecule has 2 aromatic rings.